The first-order chi connectivity index (χ1) is 13.1. The molecule has 3 rings (SSSR count). The molecule has 1 saturated heterocycles. The Labute approximate surface area is 158 Å². The van der Waals surface area contributed by atoms with Crippen molar-refractivity contribution in [2.45, 2.75) is 6.92 Å². The van der Waals surface area contributed by atoms with E-state index < -0.39 is 11.9 Å². The summed E-state index contributed by atoms with van der Waals surface area (Å²) in [4.78, 5) is 37.7. The lowest BCUT2D eigenvalue weighted by Crippen LogP contribution is -2.45. The molecular formula is C19H23N5O3. The monoisotopic (exact) mass is 369 g/mol. The molecule has 0 aliphatic carbocycles. The molecule has 0 unspecified atom stereocenters. The number of esters is 1. The number of piperazine rings is 1. The molecule has 142 valence electrons. The number of hydrogen-bond acceptors (Lipinski definition) is 7. The summed E-state index contributed by atoms with van der Waals surface area (Å²) in [5.74, 6) is -0.340. The number of aromatic nitrogens is 2. The Morgan fingerprint density at radius 1 is 1.15 bits per heavy atom. The standard InChI is InChI=1S/C19H23N5O3/c1-3-27-18(26)14-6-4-5-7-15(14)21-17(25)16-8-9-20-19(22-16)24-12-10-23(2)11-13-24/h4-9H,3,10-13H2,1-2H3,(H,21,25). The average Bonchev–Trinajstić information content (AvgIpc) is 2.69. The van der Waals surface area contributed by atoms with Gasteiger partial charge in [-0.15, -0.1) is 0 Å². The van der Waals surface area contributed by atoms with Crippen molar-refractivity contribution in [3.05, 3.63) is 47.8 Å². The maximum absolute atomic E-state index is 12.7. The number of likely N-dealkylation sites (N-methyl/N-ethyl adjacent to an activating group) is 1. The van der Waals surface area contributed by atoms with Crippen molar-refractivity contribution in [2.24, 2.45) is 0 Å². The highest BCUT2D eigenvalue weighted by atomic mass is 16.5. The Balaban J connectivity index is 1.76. The number of rotatable bonds is 5. The van der Waals surface area contributed by atoms with Crippen LogP contribution in [0.5, 0.6) is 0 Å². The van der Waals surface area contributed by atoms with Gasteiger partial charge in [0.25, 0.3) is 5.91 Å². The Hall–Kier alpha value is -3.00. The number of amides is 1. The minimum absolute atomic E-state index is 0.248. The quantitative estimate of drug-likeness (QED) is 0.802. The zero-order chi connectivity index (χ0) is 19.2. The second kappa shape index (κ2) is 8.59. The minimum atomic E-state index is -0.478. The largest absolute Gasteiger partial charge is 0.462 e. The highest BCUT2D eigenvalue weighted by Gasteiger charge is 2.19. The number of ether oxygens (including phenoxy) is 1. The highest BCUT2D eigenvalue weighted by Crippen LogP contribution is 2.18. The second-order valence-electron chi connectivity index (χ2n) is 6.25. The molecular weight excluding hydrogens is 346 g/mol. The molecule has 0 spiro atoms. The number of nitrogens with one attached hydrogen (secondary N) is 1. The predicted octanol–water partition coefficient (Wildman–Crippen LogP) is 1.66. The maximum atomic E-state index is 12.7. The smallest absolute Gasteiger partial charge is 0.340 e. The molecule has 1 aromatic carbocycles. The number of hydrogen-bond donors (Lipinski definition) is 1. The van der Waals surface area contributed by atoms with E-state index in [9.17, 15) is 9.59 Å². The fourth-order valence-electron chi connectivity index (χ4n) is 2.80. The van der Waals surface area contributed by atoms with Gasteiger partial charge in [-0.3, -0.25) is 4.79 Å². The lowest BCUT2D eigenvalue weighted by molar-refractivity contribution is 0.0527. The van der Waals surface area contributed by atoms with Crippen LogP contribution >= 0.6 is 0 Å². The summed E-state index contributed by atoms with van der Waals surface area (Å²) >= 11 is 0. The van der Waals surface area contributed by atoms with E-state index in [1.54, 1.807) is 43.5 Å². The first-order valence-corrected chi connectivity index (χ1v) is 8.92. The summed E-state index contributed by atoms with van der Waals surface area (Å²) in [7, 11) is 2.07. The van der Waals surface area contributed by atoms with Crippen LogP contribution in [0, 0.1) is 0 Å². The third kappa shape index (κ3) is 4.59. The number of nitrogens with zero attached hydrogens (tertiary/aromatic N) is 4. The van der Waals surface area contributed by atoms with Crippen molar-refractivity contribution >= 4 is 23.5 Å². The van der Waals surface area contributed by atoms with Crippen molar-refractivity contribution < 1.29 is 14.3 Å². The van der Waals surface area contributed by atoms with E-state index >= 15 is 0 Å². The van der Waals surface area contributed by atoms with E-state index in [2.05, 4.69) is 32.1 Å². The molecule has 2 heterocycles. The summed E-state index contributed by atoms with van der Waals surface area (Å²) in [6, 6.07) is 8.30. The van der Waals surface area contributed by atoms with Crippen LogP contribution in [0.4, 0.5) is 11.6 Å². The van der Waals surface area contributed by atoms with Gasteiger partial charge in [-0.25, -0.2) is 14.8 Å². The minimum Gasteiger partial charge on any atom is -0.462 e. The molecule has 1 aliphatic heterocycles. The molecule has 1 aromatic heterocycles. The van der Waals surface area contributed by atoms with Gasteiger partial charge in [-0.05, 0) is 32.2 Å². The normalized spacial score (nSPS) is 14.7. The molecule has 1 N–H and O–H groups in total. The van der Waals surface area contributed by atoms with Crippen molar-refractivity contribution in [3.63, 3.8) is 0 Å². The Morgan fingerprint density at radius 3 is 2.63 bits per heavy atom. The van der Waals surface area contributed by atoms with Crippen LogP contribution in [-0.2, 0) is 4.74 Å². The third-order valence-corrected chi connectivity index (χ3v) is 4.33. The topological polar surface area (TPSA) is 87.7 Å². The number of anilines is 2. The highest BCUT2D eigenvalue weighted by molar-refractivity contribution is 6.07. The molecule has 0 saturated carbocycles. The van der Waals surface area contributed by atoms with E-state index in [4.69, 9.17) is 4.74 Å². The predicted molar refractivity (Wildman–Crippen MR) is 102 cm³/mol. The van der Waals surface area contributed by atoms with Crippen molar-refractivity contribution in [1.82, 2.24) is 14.9 Å². The van der Waals surface area contributed by atoms with Crippen LogP contribution in [0.25, 0.3) is 0 Å². The lowest BCUT2D eigenvalue weighted by Gasteiger charge is -2.32. The van der Waals surface area contributed by atoms with E-state index in [1.165, 1.54) is 0 Å². The zero-order valence-electron chi connectivity index (χ0n) is 15.5. The van der Waals surface area contributed by atoms with E-state index in [0.29, 0.717) is 17.2 Å². The number of carbonyl (C=O) groups is 2. The van der Waals surface area contributed by atoms with Crippen LogP contribution in [0.3, 0.4) is 0 Å². The maximum Gasteiger partial charge on any atom is 0.340 e. The van der Waals surface area contributed by atoms with Gasteiger partial charge in [-0.1, -0.05) is 12.1 Å². The summed E-state index contributed by atoms with van der Waals surface area (Å²) in [5, 5.41) is 2.75. The molecule has 0 bridgehead atoms. The van der Waals surface area contributed by atoms with Gasteiger partial charge in [0, 0.05) is 32.4 Å². The Bertz CT molecular complexity index is 818. The number of carbonyl (C=O) groups excluding carboxylic acids is 2. The molecule has 8 nitrogen and oxygen atoms in total. The van der Waals surface area contributed by atoms with Crippen LogP contribution in [-0.4, -0.2) is 66.6 Å². The zero-order valence-corrected chi connectivity index (χ0v) is 15.5. The van der Waals surface area contributed by atoms with Crippen LogP contribution in [0.15, 0.2) is 36.5 Å². The average molecular weight is 369 g/mol. The Morgan fingerprint density at radius 2 is 1.89 bits per heavy atom. The van der Waals surface area contributed by atoms with Gasteiger partial charge in [0.05, 0.1) is 17.9 Å². The molecule has 1 aliphatic rings. The molecule has 0 atom stereocenters. The SMILES string of the molecule is CCOC(=O)c1ccccc1NC(=O)c1ccnc(N2CCN(C)CC2)n1. The van der Waals surface area contributed by atoms with E-state index in [1.807, 2.05) is 0 Å². The van der Waals surface area contributed by atoms with Crippen LogP contribution in [0.1, 0.15) is 27.8 Å². The summed E-state index contributed by atoms with van der Waals surface area (Å²) in [6.45, 7) is 5.47. The van der Waals surface area contributed by atoms with E-state index in [-0.39, 0.29) is 12.3 Å². The summed E-state index contributed by atoms with van der Waals surface area (Å²) < 4.78 is 5.04. The van der Waals surface area contributed by atoms with Crippen molar-refractivity contribution in [1.29, 1.82) is 0 Å². The van der Waals surface area contributed by atoms with Gasteiger partial charge < -0.3 is 19.9 Å². The van der Waals surface area contributed by atoms with Crippen LogP contribution < -0.4 is 10.2 Å². The van der Waals surface area contributed by atoms with Gasteiger partial charge in [0.15, 0.2) is 0 Å². The van der Waals surface area contributed by atoms with Gasteiger partial charge in [0.2, 0.25) is 5.95 Å². The Kier molecular flexibility index (Phi) is 5.97. The second-order valence-corrected chi connectivity index (χ2v) is 6.25. The first-order valence-electron chi connectivity index (χ1n) is 8.92. The summed E-state index contributed by atoms with van der Waals surface area (Å²) in [5.41, 5.74) is 0.944. The summed E-state index contributed by atoms with van der Waals surface area (Å²) in [6.07, 6.45) is 1.58. The van der Waals surface area contributed by atoms with Crippen molar-refractivity contribution in [3.8, 4) is 0 Å². The fourth-order valence-corrected chi connectivity index (χ4v) is 2.80. The van der Waals surface area contributed by atoms with Gasteiger partial charge >= 0.3 is 5.97 Å². The molecule has 2 aromatic rings. The molecule has 1 amide bonds. The molecule has 27 heavy (non-hydrogen) atoms. The third-order valence-electron chi connectivity index (χ3n) is 4.33. The van der Waals surface area contributed by atoms with Gasteiger partial charge in [0.1, 0.15) is 5.69 Å². The van der Waals surface area contributed by atoms with E-state index in [0.717, 1.165) is 26.2 Å². The number of benzene rings is 1. The van der Waals surface area contributed by atoms with Gasteiger partial charge in [-0.2, -0.15) is 0 Å². The van der Waals surface area contributed by atoms with Crippen molar-refractivity contribution in [2.75, 3.05) is 50.1 Å². The fraction of sp³-hybridized carbons (Fsp3) is 0.368. The van der Waals surface area contributed by atoms with Crippen LogP contribution in [0.2, 0.25) is 0 Å². The molecule has 0 radical (unpaired) electrons. The lowest BCUT2D eigenvalue weighted by atomic mass is 10.1. The first kappa shape index (κ1) is 18.8. The number of para-hydroxylation sites is 1. The molecule has 1 fully saturated rings. The molecule has 8 heteroatoms.